The normalized spacial score (nSPS) is 12.2. The van der Waals surface area contributed by atoms with E-state index in [9.17, 15) is 0 Å². The molecule has 0 aromatic heterocycles. The van der Waals surface area contributed by atoms with Gasteiger partial charge < -0.3 is 0 Å². The average molecular weight is 637 g/mol. The van der Waals surface area contributed by atoms with Gasteiger partial charge in [0.2, 0.25) is 0 Å². The number of unbranched alkanes of at least 4 members (excludes halogenated alkanes) is 27. The molecule has 0 spiro atoms. The van der Waals surface area contributed by atoms with Gasteiger partial charge in [0.05, 0.1) is 0 Å². The van der Waals surface area contributed by atoms with Gasteiger partial charge in [-0.1, -0.05) is 194 Å². The standard InChI is InChI=1S/C36H77PS3/c1-4-7-10-13-16-19-22-25-28-31-34-37(38,39)40(35-32-29-26-23-20-17-14-11-8-5-2)36-33-30-27-24-21-18-15-12-9-6-3/h38-39H,4-36H2,1-3H3. The van der Waals surface area contributed by atoms with E-state index in [0.29, 0.717) is 10.1 Å². The monoisotopic (exact) mass is 636 g/mol. The lowest BCUT2D eigenvalue weighted by atomic mass is 10.1. The quantitative estimate of drug-likeness (QED) is 0.0400. The van der Waals surface area contributed by atoms with E-state index in [0.717, 1.165) is 0 Å². The molecule has 0 saturated heterocycles. The first kappa shape index (κ1) is 41.5. The Labute approximate surface area is 268 Å². The van der Waals surface area contributed by atoms with Gasteiger partial charge in [0, 0.05) is 4.44 Å². The number of thiol groups is 2. The third kappa shape index (κ3) is 29.5. The molecule has 244 valence electrons. The van der Waals surface area contributed by atoms with Crippen molar-refractivity contribution in [3.8, 4) is 0 Å². The van der Waals surface area contributed by atoms with E-state index in [1.165, 1.54) is 210 Å². The van der Waals surface area contributed by atoms with Crippen molar-refractivity contribution < 1.29 is 0 Å². The molecule has 0 fully saturated rings. The van der Waals surface area contributed by atoms with Crippen LogP contribution in [0.15, 0.2) is 0 Å². The summed E-state index contributed by atoms with van der Waals surface area (Å²) in [6.45, 7) is 6.94. The number of hydrogen-bond donors (Lipinski definition) is 2. The molecule has 0 atom stereocenters. The first-order valence-corrected chi connectivity index (χ1v) is 25.0. The van der Waals surface area contributed by atoms with Crippen molar-refractivity contribution in [1.29, 1.82) is 0 Å². The molecule has 0 rings (SSSR count). The van der Waals surface area contributed by atoms with E-state index in [2.05, 4.69) is 20.8 Å². The minimum absolute atomic E-state index is 0.466. The van der Waals surface area contributed by atoms with Crippen LogP contribution < -0.4 is 0 Å². The van der Waals surface area contributed by atoms with Crippen LogP contribution in [-0.4, -0.2) is 17.7 Å². The Morgan fingerprint density at radius 1 is 0.325 bits per heavy atom. The van der Waals surface area contributed by atoms with E-state index in [1.807, 2.05) is 0 Å². The molecule has 0 nitrogen and oxygen atoms in total. The van der Waals surface area contributed by atoms with Crippen LogP contribution in [0.5, 0.6) is 0 Å². The van der Waals surface area contributed by atoms with Crippen molar-refractivity contribution >= 4 is 39.0 Å². The van der Waals surface area contributed by atoms with Crippen LogP contribution in [0.4, 0.5) is 0 Å². The second kappa shape index (κ2) is 33.4. The first-order valence-electron chi connectivity index (χ1n) is 18.6. The minimum Gasteiger partial charge on any atom is -0.172 e. The van der Waals surface area contributed by atoms with Gasteiger partial charge in [-0.05, 0) is 36.9 Å². The molecule has 0 saturated carbocycles. The second-order valence-electron chi connectivity index (χ2n) is 12.8. The molecule has 0 radical (unpaired) electrons. The highest BCUT2D eigenvalue weighted by Crippen LogP contribution is 2.61. The summed E-state index contributed by atoms with van der Waals surface area (Å²) in [5, 5.41) is 0. The van der Waals surface area contributed by atoms with Gasteiger partial charge >= 0.3 is 0 Å². The molecular weight excluding hydrogens is 560 g/mol. The fourth-order valence-electron chi connectivity index (χ4n) is 5.84. The molecular formula is C36H77PS3. The maximum Gasteiger partial charge on any atom is 0.0125 e. The third-order valence-electron chi connectivity index (χ3n) is 8.68. The number of rotatable bonds is 33. The zero-order valence-electron chi connectivity index (χ0n) is 28.1. The lowest BCUT2D eigenvalue weighted by Crippen LogP contribution is -2.05. The highest BCUT2D eigenvalue weighted by molar-refractivity contribution is 8.95. The molecule has 0 aromatic rings. The lowest BCUT2D eigenvalue weighted by molar-refractivity contribution is 0.562. The smallest absolute Gasteiger partial charge is 0.0125 e. The molecule has 0 aromatic carbocycles. The zero-order chi connectivity index (χ0) is 29.4. The van der Waals surface area contributed by atoms with E-state index < -0.39 is 4.44 Å². The molecule has 4 heteroatoms. The van der Waals surface area contributed by atoms with Gasteiger partial charge in [0.25, 0.3) is 0 Å². The van der Waals surface area contributed by atoms with Crippen molar-refractivity contribution in [3.63, 3.8) is 0 Å². The Balaban J connectivity index is 4.34. The Morgan fingerprint density at radius 3 is 0.825 bits per heavy atom. The largest absolute Gasteiger partial charge is 0.172 e. The summed E-state index contributed by atoms with van der Waals surface area (Å²) in [5.74, 6) is 2.85. The molecule has 0 aliphatic carbocycles. The van der Waals surface area contributed by atoms with Crippen LogP contribution in [-0.2, 0) is 10.1 Å². The van der Waals surface area contributed by atoms with Crippen molar-refractivity contribution in [2.24, 2.45) is 0 Å². The van der Waals surface area contributed by atoms with Crippen molar-refractivity contribution in [2.75, 3.05) is 17.7 Å². The average Bonchev–Trinajstić information content (AvgIpc) is 2.94. The zero-order valence-corrected chi connectivity index (χ0v) is 31.6. The summed E-state index contributed by atoms with van der Waals surface area (Å²) in [4.78, 5) is 0. The van der Waals surface area contributed by atoms with Crippen molar-refractivity contribution in [3.05, 3.63) is 0 Å². The van der Waals surface area contributed by atoms with Gasteiger partial charge in [0.15, 0.2) is 0 Å². The summed E-state index contributed by atoms with van der Waals surface area (Å²) in [6, 6.07) is 0. The molecule has 0 heterocycles. The fourth-order valence-corrected chi connectivity index (χ4v) is 16.1. The minimum atomic E-state index is -1.36. The molecule has 0 aliphatic rings. The SMILES string of the molecule is CCCCCCCCCCCCS(CCCCCCCCCCCC)=P(S)(S)CCCCCCCCCCCC. The summed E-state index contributed by atoms with van der Waals surface area (Å²) in [6.07, 6.45) is 44.4. The van der Waals surface area contributed by atoms with Crippen molar-refractivity contribution in [2.45, 2.75) is 213 Å². The van der Waals surface area contributed by atoms with Crippen LogP contribution in [0, 0.1) is 0 Å². The lowest BCUT2D eigenvalue weighted by Gasteiger charge is -2.23. The molecule has 0 unspecified atom stereocenters. The summed E-state index contributed by atoms with van der Waals surface area (Å²) in [7, 11) is 0.466. The highest BCUT2D eigenvalue weighted by atomic mass is 33.2. The van der Waals surface area contributed by atoms with Crippen LogP contribution in [0.2, 0.25) is 0 Å². The molecule has 0 amide bonds. The van der Waals surface area contributed by atoms with Crippen LogP contribution in [0.25, 0.3) is 0 Å². The summed E-state index contributed by atoms with van der Waals surface area (Å²) >= 11 is 10.7. The van der Waals surface area contributed by atoms with Gasteiger partial charge in [0.1, 0.15) is 0 Å². The van der Waals surface area contributed by atoms with Gasteiger partial charge in [-0.2, -0.15) is 10.1 Å². The first-order chi connectivity index (χ1) is 19.6. The van der Waals surface area contributed by atoms with Crippen LogP contribution >= 0.6 is 28.9 Å². The number of hydrogen-bond acceptors (Lipinski definition) is 0. The van der Waals surface area contributed by atoms with E-state index in [-0.39, 0.29) is 0 Å². The molecule has 0 bridgehead atoms. The predicted octanol–water partition coefficient (Wildman–Crippen LogP) is 15.0. The Bertz CT molecular complexity index is 516. The van der Waals surface area contributed by atoms with Gasteiger partial charge in [-0.3, -0.25) is 0 Å². The Kier molecular flexibility index (Phi) is 34.6. The van der Waals surface area contributed by atoms with Crippen LogP contribution in [0.3, 0.4) is 0 Å². The second-order valence-corrected chi connectivity index (χ2v) is 26.4. The highest BCUT2D eigenvalue weighted by Gasteiger charge is 2.13. The summed E-state index contributed by atoms with van der Waals surface area (Å²) in [5.41, 5.74) is 0. The fraction of sp³-hybridized carbons (Fsp3) is 1.00. The maximum atomic E-state index is 5.36. The molecule has 0 aliphatic heterocycles. The third-order valence-corrected chi connectivity index (χ3v) is 21.4. The van der Waals surface area contributed by atoms with Crippen molar-refractivity contribution in [1.82, 2.24) is 0 Å². The predicted molar refractivity (Wildman–Crippen MR) is 202 cm³/mol. The van der Waals surface area contributed by atoms with Gasteiger partial charge in [-0.25, -0.2) is 0 Å². The molecule has 0 N–H and O–H groups in total. The summed E-state index contributed by atoms with van der Waals surface area (Å²) < 4.78 is -1.36. The van der Waals surface area contributed by atoms with Crippen LogP contribution in [0.1, 0.15) is 213 Å². The van der Waals surface area contributed by atoms with E-state index in [4.69, 9.17) is 24.5 Å². The topological polar surface area (TPSA) is 0 Å². The Hall–Kier alpha value is 1.48. The van der Waals surface area contributed by atoms with E-state index in [1.54, 1.807) is 0 Å². The van der Waals surface area contributed by atoms with Gasteiger partial charge in [-0.15, -0.1) is 24.5 Å². The Morgan fingerprint density at radius 2 is 0.550 bits per heavy atom. The molecule has 40 heavy (non-hydrogen) atoms. The maximum absolute atomic E-state index is 5.36. The van der Waals surface area contributed by atoms with E-state index >= 15 is 0 Å².